The van der Waals surface area contributed by atoms with Gasteiger partial charge in [-0.1, -0.05) is 34.6 Å². The van der Waals surface area contributed by atoms with E-state index in [1.165, 1.54) is 0 Å². The molecule has 0 aliphatic rings. The molecule has 0 aliphatic carbocycles. The molecule has 0 aliphatic heterocycles. The van der Waals surface area contributed by atoms with Crippen LogP contribution in [0.3, 0.4) is 0 Å². The topological polar surface area (TPSA) is 50.4 Å². The van der Waals surface area contributed by atoms with E-state index in [1.807, 2.05) is 20.8 Å². The van der Waals surface area contributed by atoms with Crippen molar-refractivity contribution in [3.63, 3.8) is 0 Å². The van der Waals surface area contributed by atoms with Gasteiger partial charge in [0.25, 0.3) is 0 Å². The van der Waals surface area contributed by atoms with Crippen LogP contribution in [-0.2, 0) is 4.74 Å². The van der Waals surface area contributed by atoms with Crippen LogP contribution in [0.25, 0.3) is 0 Å². The van der Waals surface area contributed by atoms with Crippen LogP contribution in [0.2, 0.25) is 0 Å². The van der Waals surface area contributed by atoms with Crippen molar-refractivity contribution in [3.8, 4) is 0 Å². The van der Waals surface area contributed by atoms with E-state index in [2.05, 4.69) is 45.3 Å². The zero-order valence-corrected chi connectivity index (χ0v) is 14.5. The fourth-order valence-electron chi connectivity index (χ4n) is 2.04. The zero-order valence-electron chi connectivity index (χ0n) is 14.5. The van der Waals surface area contributed by atoms with E-state index in [4.69, 9.17) is 4.74 Å². The lowest BCUT2D eigenvalue weighted by Crippen LogP contribution is -2.49. The molecule has 1 amide bonds. The zero-order chi connectivity index (χ0) is 15.9. The van der Waals surface area contributed by atoms with Gasteiger partial charge in [-0.3, -0.25) is 0 Å². The summed E-state index contributed by atoms with van der Waals surface area (Å²) in [6, 6.07) is 0.564. The molecule has 0 saturated carbocycles. The SMILES string of the molecule is CCC(NCC(NC(=O)OC(C)(C)C)C(C)C)C(C)C. The molecule has 2 unspecified atom stereocenters. The van der Waals surface area contributed by atoms with Crippen molar-refractivity contribution in [2.45, 2.75) is 79.5 Å². The molecular formula is C16H34N2O2. The van der Waals surface area contributed by atoms with E-state index in [0.717, 1.165) is 13.0 Å². The molecule has 0 aromatic heterocycles. The predicted molar refractivity (Wildman–Crippen MR) is 84.9 cm³/mol. The van der Waals surface area contributed by atoms with Crippen molar-refractivity contribution in [1.82, 2.24) is 10.6 Å². The highest BCUT2D eigenvalue weighted by molar-refractivity contribution is 5.68. The molecule has 120 valence electrons. The average molecular weight is 286 g/mol. The first kappa shape index (κ1) is 19.2. The Balaban J connectivity index is 4.41. The van der Waals surface area contributed by atoms with Crippen LogP contribution < -0.4 is 10.6 Å². The summed E-state index contributed by atoms with van der Waals surface area (Å²) in [6.07, 6.45) is 0.755. The van der Waals surface area contributed by atoms with Gasteiger partial charge in [0.1, 0.15) is 5.60 Å². The lowest BCUT2D eigenvalue weighted by atomic mass is 9.99. The summed E-state index contributed by atoms with van der Waals surface area (Å²) in [5.74, 6) is 0.953. The van der Waals surface area contributed by atoms with Crippen molar-refractivity contribution < 1.29 is 9.53 Å². The summed E-state index contributed by atoms with van der Waals surface area (Å²) in [6.45, 7) is 17.2. The number of ether oxygens (including phenoxy) is 1. The maximum atomic E-state index is 11.9. The number of alkyl carbamates (subject to hydrolysis) is 1. The second-order valence-electron chi connectivity index (χ2n) is 7.16. The lowest BCUT2D eigenvalue weighted by Gasteiger charge is -2.28. The van der Waals surface area contributed by atoms with E-state index >= 15 is 0 Å². The summed E-state index contributed by atoms with van der Waals surface area (Å²) in [5.41, 5.74) is -0.455. The smallest absolute Gasteiger partial charge is 0.407 e. The number of hydrogen-bond acceptors (Lipinski definition) is 3. The summed E-state index contributed by atoms with van der Waals surface area (Å²) < 4.78 is 5.32. The molecular weight excluding hydrogens is 252 g/mol. The summed E-state index contributed by atoms with van der Waals surface area (Å²) >= 11 is 0. The number of carbonyl (C=O) groups is 1. The van der Waals surface area contributed by atoms with Gasteiger partial charge in [0, 0.05) is 18.6 Å². The Morgan fingerprint density at radius 2 is 1.55 bits per heavy atom. The van der Waals surface area contributed by atoms with Crippen LogP contribution in [0.1, 0.15) is 61.8 Å². The molecule has 0 bridgehead atoms. The first-order valence-electron chi connectivity index (χ1n) is 7.79. The van der Waals surface area contributed by atoms with Crippen LogP contribution in [0, 0.1) is 11.8 Å². The van der Waals surface area contributed by atoms with Gasteiger partial charge in [0.15, 0.2) is 0 Å². The third-order valence-electron chi connectivity index (χ3n) is 3.35. The molecule has 0 aromatic rings. The summed E-state index contributed by atoms with van der Waals surface area (Å²) in [5, 5.41) is 6.52. The van der Waals surface area contributed by atoms with Crippen molar-refractivity contribution in [1.29, 1.82) is 0 Å². The maximum Gasteiger partial charge on any atom is 0.407 e. The first-order valence-corrected chi connectivity index (χ1v) is 7.79. The van der Waals surface area contributed by atoms with Crippen LogP contribution in [-0.4, -0.2) is 30.3 Å². The highest BCUT2D eigenvalue weighted by Crippen LogP contribution is 2.10. The second kappa shape index (κ2) is 8.50. The third kappa shape index (κ3) is 8.41. The molecule has 0 fully saturated rings. The quantitative estimate of drug-likeness (QED) is 0.752. The van der Waals surface area contributed by atoms with Crippen molar-refractivity contribution >= 4 is 6.09 Å². The minimum atomic E-state index is -0.455. The largest absolute Gasteiger partial charge is 0.444 e. The number of carbonyl (C=O) groups excluding carboxylic acids is 1. The van der Waals surface area contributed by atoms with Crippen LogP contribution in [0.15, 0.2) is 0 Å². The normalized spacial score (nSPS) is 15.3. The molecule has 0 rings (SSSR count). The van der Waals surface area contributed by atoms with Gasteiger partial charge in [-0.2, -0.15) is 0 Å². The van der Waals surface area contributed by atoms with Gasteiger partial charge < -0.3 is 15.4 Å². The standard InChI is InChI=1S/C16H34N2O2/c1-9-13(11(2)3)17-10-14(12(4)5)18-15(19)20-16(6,7)8/h11-14,17H,9-10H2,1-8H3,(H,18,19). The van der Waals surface area contributed by atoms with Gasteiger partial charge >= 0.3 is 6.09 Å². The van der Waals surface area contributed by atoms with Crippen molar-refractivity contribution in [3.05, 3.63) is 0 Å². The molecule has 0 radical (unpaired) electrons. The molecule has 0 aromatic carbocycles. The van der Waals surface area contributed by atoms with Crippen LogP contribution in [0.4, 0.5) is 4.79 Å². The second-order valence-corrected chi connectivity index (χ2v) is 7.16. The van der Waals surface area contributed by atoms with E-state index in [9.17, 15) is 4.79 Å². The Hall–Kier alpha value is -0.770. The summed E-state index contributed by atoms with van der Waals surface area (Å²) in [7, 11) is 0. The fraction of sp³-hybridized carbons (Fsp3) is 0.938. The van der Waals surface area contributed by atoms with Gasteiger partial charge in [-0.25, -0.2) is 4.79 Å². The molecule has 0 saturated heterocycles. The van der Waals surface area contributed by atoms with Gasteiger partial charge in [-0.05, 0) is 39.0 Å². The highest BCUT2D eigenvalue weighted by Gasteiger charge is 2.22. The van der Waals surface area contributed by atoms with Gasteiger partial charge in [-0.15, -0.1) is 0 Å². The predicted octanol–water partition coefficient (Wildman–Crippen LogP) is 3.56. The maximum absolute atomic E-state index is 11.9. The fourth-order valence-corrected chi connectivity index (χ4v) is 2.04. The monoisotopic (exact) mass is 286 g/mol. The molecule has 20 heavy (non-hydrogen) atoms. The number of nitrogens with one attached hydrogen (secondary N) is 2. The van der Waals surface area contributed by atoms with Gasteiger partial charge in [0.2, 0.25) is 0 Å². The average Bonchev–Trinajstić information content (AvgIpc) is 2.24. The first-order chi connectivity index (χ1) is 9.06. The summed E-state index contributed by atoms with van der Waals surface area (Å²) in [4.78, 5) is 11.9. The minimum absolute atomic E-state index is 0.0812. The van der Waals surface area contributed by atoms with Crippen LogP contribution in [0.5, 0.6) is 0 Å². The molecule has 2 N–H and O–H groups in total. The van der Waals surface area contributed by atoms with Crippen molar-refractivity contribution in [2.24, 2.45) is 11.8 Å². The highest BCUT2D eigenvalue weighted by atomic mass is 16.6. The Bertz CT molecular complexity index is 283. The molecule has 0 heterocycles. The third-order valence-corrected chi connectivity index (χ3v) is 3.35. The van der Waals surface area contributed by atoms with E-state index < -0.39 is 5.60 Å². The molecule has 4 nitrogen and oxygen atoms in total. The van der Waals surface area contributed by atoms with E-state index in [-0.39, 0.29) is 12.1 Å². The number of hydrogen-bond donors (Lipinski definition) is 2. The Labute approximate surface area is 125 Å². The Kier molecular flexibility index (Phi) is 8.17. The molecule has 2 atom stereocenters. The van der Waals surface area contributed by atoms with E-state index in [0.29, 0.717) is 17.9 Å². The molecule has 0 spiro atoms. The van der Waals surface area contributed by atoms with Crippen molar-refractivity contribution in [2.75, 3.05) is 6.54 Å². The Morgan fingerprint density at radius 1 is 1.05 bits per heavy atom. The number of rotatable bonds is 7. The van der Waals surface area contributed by atoms with Gasteiger partial charge in [0.05, 0.1) is 0 Å². The lowest BCUT2D eigenvalue weighted by molar-refractivity contribution is 0.0488. The number of amides is 1. The molecule has 4 heteroatoms. The minimum Gasteiger partial charge on any atom is -0.444 e. The van der Waals surface area contributed by atoms with E-state index in [1.54, 1.807) is 0 Å². The van der Waals surface area contributed by atoms with Crippen LogP contribution >= 0.6 is 0 Å². The Morgan fingerprint density at radius 3 is 1.90 bits per heavy atom.